The van der Waals surface area contributed by atoms with E-state index in [4.69, 9.17) is 11.3 Å². The van der Waals surface area contributed by atoms with Gasteiger partial charge in [0.15, 0.2) is 0 Å². The second kappa shape index (κ2) is 7.50. The van der Waals surface area contributed by atoms with Gasteiger partial charge in [-0.2, -0.15) is 0 Å². The van der Waals surface area contributed by atoms with Crippen LogP contribution < -0.4 is 5.73 Å². The summed E-state index contributed by atoms with van der Waals surface area (Å²) in [6.45, 7) is -0.129. The Morgan fingerprint density at radius 2 is 1.94 bits per heavy atom. The van der Waals surface area contributed by atoms with Gasteiger partial charge in [0.1, 0.15) is 0 Å². The summed E-state index contributed by atoms with van der Waals surface area (Å²) in [7, 11) is 0. The number of aliphatic hydroxyl groups excluding tert-OH is 2. The molecule has 0 radical (unpaired) electrons. The highest BCUT2D eigenvalue weighted by Crippen LogP contribution is 2.27. The fourth-order valence-electron chi connectivity index (χ4n) is 2.46. The number of nitrogens with two attached hydrogens (primary N) is 1. The summed E-state index contributed by atoms with van der Waals surface area (Å²) in [5.41, 5.74) is 14.0. The quantitative estimate of drug-likeness (QED) is 0.370. The van der Waals surface area contributed by atoms with E-state index in [1.807, 2.05) is 0 Å². The molecule has 0 heterocycles. The molecule has 1 aliphatic carbocycles. The van der Waals surface area contributed by atoms with E-state index >= 15 is 0 Å². The largest absolute Gasteiger partial charge is 0.390 e. The summed E-state index contributed by atoms with van der Waals surface area (Å²) in [5, 5.41) is 22.6. The van der Waals surface area contributed by atoms with Crippen molar-refractivity contribution in [3.8, 4) is 0 Å². The third kappa shape index (κ3) is 4.91. The number of hydrogen-bond acceptors (Lipinski definition) is 4. The SMILES string of the molecule is [N-]=[N+]=NC[C@H](O)[C@H](O)C(N)CC1CCCCC1. The minimum Gasteiger partial charge on any atom is -0.390 e. The van der Waals surface area contributed by atoms with Crippen molar-refractivity contribution in [1.29, 1.82) is 0 Å². The third-order valence-corrected chi connectivity index (χ3v) is 3.50. The zero-order valence-corrected chi connectivity index (χ0v) is 10.1. The molecule has 1 rings (SSSR count). The Bertz CT molecular complexity index is 262. The van der Waals surface area contributed by atoms with E-state index in [1.165, 1.54) is 19.3 Å². The molecule has 1 aliphatic rings. The molecule has 0 spiro atoms. The van der Waals surface area contributed by atoms with Gasteiger partial charge in [0.25, 0.3) is 0 Å². The maximum atomic E-state index is 9.79. The first-order valence-corrected chi connectivity index (χ1v) is 6.27. The molecule has 98 valence electrons. The average Bonchev–Trinajstić information content (AvgIpc) is 2.36. The number of nitrogens with zero attached hydrogens (tertiary/aromatic N) is 3. The lowest BCUT2D eigenvalue weighted by atomic mass is 9.83. The van der Waals surface area contributed by atoms with Crippen LogP contribution in [0.2, 0.25) is 0 Å². The Morgan fingerprint density at radius 1 is 1.29 bits per heavy atom. The summed E-state index contributed by atoms with van der Waals surface area (Å²) in [4.78, 5) is 2.55. The van der Waals surface area contributed by atoms with Crippen molar-refractivity contribution in [2.24, 2.45) is 16.8 Å². The molecule has 0 aromatic carbocycles. The van der Waals surface area contributed by atoms with Gasteiger partial charge in [0.05, 0.1) is 18.8 Å². The fraction of sp³-hybridized carbons (Fsp3) is 1.00. The van der Waals surface area contributed by atoms with Crippen LogP contribution in [0.15, 0.2) is 5.11 Å². The number of hydrogen-bond donors (Lipinski definition) is 3. The fourth-order valence-corrected chi connectivity index (χ4v) is 2.46. The average molecular weight is 242 g/mol. The smallest absolute Gasteiger partial charge is 0.0950 e. The summed E-state index contributed by atoms with van der Waals surface area (Å²) < 4.78 is 0. The molecule has 1 saturated carbocycles. The first-order valence-electron chi connectivity index (χ1n) is 6.27. The van der Waals surface area contributed by atoms with Crippen LogP contribution >= 0.6 is 0 Å². The second-order valence-corrected chi connectivity index (χ2v) is 4.87. The third-order valence-electron chi connectivity index (χ3n) is 3.50. The van der Waals surface area contributed by atoms with Gasteiger partial charge in [-0.25, -0.2) is 0 Å². The Hall–Kier alpha value is -0.810. The minimum absolute atomic E-state index is 0.129. The van der Waals surface area contributed by atoms with Crippen LogP contribution in [0.4, 0.5) is 0 Å². The van der Waals surface area contributed by atoms with Gasteiger partial charge >= 0.3 is 0 Å². The summed E-state index contributed by atoms with van der Waals surface area (Å²) in [6, 6.07) is -0.443. The summed E-state index contributed by atoms with van der Waals surface area (Å²) in [5.74, 6) is 0.556. The molecule has 6 heteroatoms. The van der Waals surface area contributed by atoms with E-state index in [0.717, 1.165) is 19.3 Å². The van der Waals surface area contributed by atoms with Crippen molar-refractivity contribution in [3.05, 3.63) is 10.4 Å². The predicted octanol–water partition coefficient (Wildman–Crippen LogP) is 1.32. The van der Waals surface area contributed by atoms with Crippen molar-refractivity contribution in [3.63, 3.8) is 0 Å². The molecule has 0 aromatic rings. The topological polar surface area (TPSA) is 115 Å². The van der Waals surface area contributed by atoms with Gasteiger partial charge in [-0.05, 0) is 17.9 Å². The molecule has 0 amide bonds. The molecule has 4 N–H and O–H groups in total. The van der Waals surface area contributed by atoms with Crippen molar-refractivity contribution < 1.29 is 10.2 Å². The zero-order chi connectivity index (χ0) is 12.7. The van der Waals surface area contributed by atoms with Gasteiger partial charge in [-0.1, -0.05) is 37.2 Å². The highest BCUT2D eigenvalue weighted by atomic mass is 16.3. The van der Waals surface area contributed by atoms with Crippen LogP contribution in [0.3, 0.4) is 0 Å². The first-order chi connectivity index (χ1) is 8.15. The number of rotatable bonds is 6. The van der Waals surface area contributed by atoms with Crippen LogP contribution in [0, 0.1) is 5.92 Å². The molecule has 0 aromatic heterocycles. The highest BCUT2D eigenvalue weighted by Gasteiger charge is 2.26. The molecule has 17 heavy (non-hydrogen) atoms. The zero-order valence-electron chi connectivity index (χ0n) is 10.1. The van der Waals surface area contributed by atoms with E-state index in [0.29, 0.717) is 5.92 Å². The molecular formula is C11H22N4O2. The molecule has 0 saturated heterocycles. The van der Waals surface area contributed by atoms with Crippen molar-refractivity contribution in [2.75, 3.05) is 6.54 Å². The second-order valence-electron chi connectivity index (χ2n) is 4.87. The standard InChI is InChI=1S/C11H22N4O2/c12-9(6-8-4-2-1-3-5-8)11(17)10(16)7-14-15-13/h8-11,16-17H,1-7,12H2/t9?,10-,11+/m0/s1. The summed E-state index contributed by atoms with van der Waals surface area (Å²) >= 11 is 0. The molecule has 3 atom stereocenters. The lowest BCUT2D eigenvalue weighted by Gasteiger charge is -2.28. The normalized spacial score (nSPS) is 22.5. The van der Waals surface area contributed by atoms with Crippen LogP contribution in [0.25, 0.3) is 10.4 Å². The minimum atomic E-state index is -1.07. The van der Waals surface area contributed by atoms with E-state index in [-0.39, 0.29) is 6.54 Å². The lowest BCUT2D eigenvalue weighted by molar-refractivity contribution is 0.00382. The molecule has 0 bridgehead atoms. The monoisotopic (exact) mass is 242 g/mol. The molecular weight excluding hydrogens is 220 g/mol. The highest BCUT2D eigenvalue weighted by molar-refractivity contribution is 4.83. The Kier molecular flexibility index (Phi) is 6.29. The Labute approximate surface area is 101 Å². The van der Waals surface area contributed by atoms with Gasteiger partial charge in [-0.3, -0.25) is 0 Å². The van der Waals surface area contributed by atoms with Crippen molar-refractivity contribution in [2.45, 2.75) is 56.8 Å². The van der Waals surface area contributed by atoms with Gasteiger partial charge in [0, 0.05) is 11.0 Å². The van der Waals surface area contributed by atoms with Crippen LogP contribution in [-0.4, -0.2) is 35.0 Å². The lowest BCUT2D eigenvalue weighted by Crippen LogP contribution is -2.45. The van der Waals surface area contributed by atoms with Crippen LogP contribution in [-0.2, 0) is 0 Å². The molecule has 0 aliphatic heterocycles. The van der Waals surface area contributed by atoms with E-state index in [1.54, 1.807) is 0 Å². The van der Waals surface area contributed by atoms with Crippen molar-refractivity contribution in [1.82, 2.24) is 0 Å². The van der Waals surface area contributed by atoms with Crippen molar-refractivity contribution >= 4 is 0 Å². The number of azide groups is 1. The Balaban J connectivity index is 2.33. The van der Waals surface area contributed by atoms with E-state index in [9.17, 15) is 10.2 Å². The first kappa shape index (κ1) is 14.3. The molecule has 1 unspecified atom stereocenters. The molecule has 6 nitrogen and oxygen atoms in total. The van der Waals surface area contributed by atoms with Crippen LogP contribution in [0.1, 0.15) is 38.5 Å². The molecule has 1 fully saturated rings. The van der Waals surface area contributed by atoms with Gasteiger partial charge in [0.2, 0.25) is 0 Å². The van der Waals surface area contributed by atoms with E-state index in [2.05, 4.69) is 10.0 Å². The maximum absolute atomic E-state index is 9.79. The van der Waals surface area contributed by atoms with Crippen LogP contribution in [0.5, 0.6) is 0 Å². The summed E-state index contributed by atoms with van der Waals surface area (Å²) in [6.07, 6.45) is 4.72. The van der Waals surface area contributed by atoms with Gasteiger partial charge in [-0.15, -0.1) is 0 Å². The predicted molar refractivity (Wildman–Crippen MR) is 65.2 cm³/mol. The van der Waals surface area contributed by atoms with Gasteiger partial charge < -0.3 is 15.9 Å². The Morgan fingerprint density at radius 3 is 2.53 bits per heavy atom. The number of aliphatic hydroxyl groups is 2. The van der Waals surface area contributed by atoms with E-state index < -0.39 is 18.2 Å². The maximum Gasteiger partial charge on any atom is 0.0950 e.